The smallest absolute Gasteiger partial charge is 0.312 e. The third-order valence-corrected chi connectivity index (χ3v) is 5.09. The molecule has 0 aromatic rings. The maximum absolute atomic E-state index is 12.3. The zero-order chi connectivity index (χ0) is 12.8. The largest absolute Gasteiger partial charge is 0.462 e. The quantitative estimate of drug-likeness (QED) is 0.737. The second kappa shape index (κ2) is 4.49. The van der Waals surface area contributed by atoms with Crippen molar-refractivity contribution in [3.05, 3.63) is 0 Å². The Bertz CT molecular complexity index is 303. The van der Waals surface area contributed by atoms with Crippen molar-refractivity contribution in [1.29, 1.82) is 0 Å². The highest BCUT2D eigenvalue weighted by atomic mass is 16.5. The third-order valence-electron chi connectivity index (χ3n) is 5.09. The number of carbonyl (C=O) groups excluding carboxylic acids is 1. The lowest BCUT2D eigenvalue weighted by Gasteiger charge is -2.55. The molecule has 0 unspecified atom stereocenters. The van der Waals surface area contributed by atoms with E-state index in [1.54, 1.807) is 0 Å². The van der Waals surface area contributed by atoms with Crippen molar-refractivity contribution in [3.63, 3.8) is 0 Å². The Balaban J connectivity index is 1.66. The van der Waals surface area contributed by atoms with Gasteiger partial charge in [0.05, 0.1) is 12.0 Å². The van der Waals surface area contributed by atoms with Crippen molar-refractivity contribution < 1.29 is 19.7 Å². The summed E-state index contributed by atoms with van der Waals surface area (Å²) in [4.78, 5) is 12.3. The summed E-state index contributed by atoms with van der Waals surface area (Å²) in [5.74, 6) is 2.01. The molecule has 18 heavy (non-hydrogen) atoms. The van der Waals surface area contributed by atoms with Gasteiger partial charge in [0.2, 0.25) is 0 Å². The van der Waals surface area contributed by atoms with E-state index in [-0.39, 0.29) is 24.6 Å². The zero-order valence-corrected chi connectivity index (χ0v) is 10.7. The molecule has 102 valence electrons. The van der Waals surface area contributed by atoms with Crippen molar-refractivity contribution in [1.82, 2.24) is 0 Å². The maximum Gasteiger partial charge on any atom is 0.312 e. The standard InChI is InChI=1S/C14H22O4/c15-7-12(16)8-18-13(17)14-4-9-1-10(5-14)3-11(2-9)6-14/h9-12,15-16H,1-8H2/t9?,10?,11?,12-,14?/m1/s1. The number of hydrogen-bond donors (Lipinski definition) is 2. The fourth-order valence-electron chi connectivity index (χ4n) is 4.74. The van der Waals surface area contributed by atoms with Crippen molar-refractivity contribution in [3.8, 4) is 0 Å². The van der Waals surface area contributed by atoms with Crippen LogP contribution < -0.4 is 0 Å². The number of rotatable bonds is 4. The second-order valence-electron chi connectivity index (χ2n) is 6.63. The summed E-state index contributed by atoms with van der Waals surface area (Å²) < 4.78 is 5.23. The Labute approximate surface area is 107 Å². The number of aliphatic hydroxyl groups is 2. The minimum absolute atomic E-state index is 0.0723. The minimum Gasteiger partial charge on any atom is -0.462 e. The van der Waals surface area contributed by atoms with Crippen molar-refractivity contribution >= 4 is 5.97 Å². The van der Waals surface area contributed by atoms with Crippen LogP contribution in [0.5, 0.6) is 0 Å². The Kier molecular flexibility index (Phi) is 3.10. The van der Waals surface area contributed by atoms with Crippen LogP contribution in [0.3, 0.4) is 0 Å². The van der Waals surface area contributed by atoms with E-state index in [1.807, 2.05) is 0 Å². The summed E-state index contributed by atoms with van der Waals surface area (Å²) in [7, 11) is 0. The van der Waals surface area contributed by atoms with Crippen LogP contribution in [0.25, 0.3) is 0 Å². The van der Waals surface area contributed by atoms with Crippen molar-refractivity contribution in [2.24, 2.45) is 23.2 Å². The highest BCUT2D eigenvalue weighted by Crippen LogP contribution is 2.60. The monoisotopic (exact) mass is 254 g/mol. The lowest BCUT2D eigenvalue weighted by atomic mass is 9.49. The molecular weight excluding hydrogens is 232 g/mol. The van der Waals surface area contributed by atoms with E-state index in [0.29, 0.717) is 17.8 Å². The van der Waals surface area contributed by atoms with Gasteiger partial charge in [-0.3, -0.25) is 4.79 Å². The topological polar surface area (TPSA) is 66.8 Å². The highest BCUT2D eigenvalue weighted by molar-refractivity contribution is 5.77. The van der Waals surface area contributed by atoms with Crippen LogP contribution in [0.2, 0.25) is 0 Å². The van der Waals surface area contributed by atoms with Gasteiger partial charge in [0, 0.05) is 0 Å². The first-order valence-corrected chi connectivity index (χ1v) is 7.07. The van der Waals surface area contributed by atoms with Crippen LogP contribution in [-0.4, -0.2) is 35.5 Å². The van der Waals surface area contributed by atoms with Crippen LogP contribution >= 0.6 is 0 Å². The van der Waals surface area contributed by atoms with Gasteiger partial charge >= 0.3 is 5.97 Å². The number of ether oxygens (including phenoxy) is 1. The summed E-state index contributed by atoms with van der Waals surface area (Å²) in [6.45, 7) is -0.425. The lowest BCUT2D eigenvalue weighted by molar-refractivity contribution is -0.174. The Hall–Kier alpha value is -0.610. The molecule has 4 aliphatic carbocycles. The molecule has 0 amide bonds. The fraction of sp³-hybridized carbons (Fsp3) is 0.929. The third kappa shape index (κ3) is 2.05. The molecule has 4 aliphatic rings. The van der Waals surface area contributed by atoms with E-state index in [1.165, 1.54) is 19.3 Å². The SMILES string of the molecule is O=C(OC[C@H](O)CO)C12CC3CC(CC(C3)C1)C2. The first kappa shape index (κ1) is 12.4. The van der Waals surface area contributed by atoms with Gasteiger partial charge in [0.15, 0.2) is 0 Å². The van der Waals surface area contributed by atoms with Gasteiger partial charge in [0.25, 0.3) is 0 Å². The number of aliphatic hydroxyl groups excluding tert-OH is 2. The summed E-state index contributed by atoms with van der Waals surface area (Å²) in [6.07, 6.45) is 5.89. The summed E-state index contributed by atoms with van der Waals surface area (Å²) in [5.41, 5.74) is -0.260. The van der Waals surface area contributed by atoms with E-state index in [2.05, 4.69) is 0 Å². The number of esters is 1. The molecule has 4 fully saturated rings. The van der Waals surface area contributed by atoms with E-state index < -0.39 is 6.10 Å². The average molecular weight is 254 g/mol. The van der Waals surface area contributed by atoms with Crippen LogP contribution in [0.4, 0.5) is 0 Å². The van der Waals surface area contributed by atoms with Gasteiger partial charge in [0.1, 0.15) is 12.7 Å². The molecular formula is C14H22O4. The van der Waals surface area contributed by atoms with Gasteiger partial charge in [-0.1, -0.05) is 0 Å². The van der Waals surface area contributed by atoms with Crippen LogP contribution in [0.1, 0.15) is 38.5 Å². The maximum atomic E-state index is 12.3. The van der Waals surface area contributed by atoms with Gasteiger partial charge in [-0.2, -0.15) is 0 Å². The predicted octanol–water partition coefficient (Wildman–Crippen LogP) is 1.10. The van der Waals surface area contributed by atoms with E-state index in [9.17, 15) is 9.90 Å². The molecule has 0 aromatic carbocycles. The second-order valence-corrected chi connectivity index (χ2v) is 6.63. The Morgan fingerprint density at radius 1 is 1.17 bits per heavy atom. The molecule has 0 saturated heterocycles. The molecule has 4 saturated carbocycles. The summed E-state index contributed by atoms with van der Waals surface area (Å²) in [5, 5.41) is 18.0. The molecule has 0 spiro atoms. The van der Waals surface area contributed by atoms with E-state index in [4.69, 9.17) is 9.84 Å². The first-order valence-electron chi connectivity index (χ1n) is 7.07. The van der Waals surface area contributed by atoms with Crippen molar-refractivity contribution in [2.45, 2.75) is 44.6 Å². The molecule has 4 nitrogen and oxygen atoms in total. The minimum atomic E-state index is -0.942. The van der Waals surface area contributed by atoms with Gasteiger partial charge in [-0.15, -0.1) is 0 Å². The molecule has 2 N–H and O–H groups in total. The first-order chi connectivity index (χ1) is 8.61. The molecule has 0 aliphatic heterocycles. The Morgan fingerprint density at radius 3 is 2.11 bits per heavy atom. The van der Waals surface area contributed by atoms with Crippen LogP contribution in [0.15, 0.2) is 0 Å². The van der Waals surface area contributed by atoms with Gasteiger partial charge in [-0.25, -0.2) is 0 Å². The molecule has 0 aromatic heterocycles. The molecule has 0 heterocycles. The van der Waals surface area contributed by atoms with E-state index in [0.717, 1.165) is 19.3 Å². The predicted molar refractivity (Wildman–Crippen MR) is 64.7 cm³/mol. The zero-order valence-electron chi connectivity index (χ0n) is 10.7. The summed E-state index contributed by atoms with van der Waals surface area (Å²) in [6, 6.07) is 0. The van der Waals surface area contributed by atoms with Crippen molar-refractivity contribution in [2.75, 3.05) is 13.2 Å². The fourth-order valence-corrected chi connectivity index (χ4v) is 4.74. The van der Waals surface area contributed by atoms with Crippen LogP contribution in [0, 0.1) is 23.2 Å². The molecule has 4 rings (SSSR count). The molecule has 0 radical (unpaired) electrons. The molecule has 4 bridgehead atoms. The molecule has 4 heteroatoms. The van der Waals surface area contributed by atoms with Gasteiger partial charge in [-0.05, 0) is 56.3 Å². The lowest BCUT2D eigenvalue weighted by Crippen LogP contribution is -2.50. The van der Waals surface area contributed by atoms with E-state index >= 15 is 0 Å². The number of carbonyl (C=O) groups is 1. The number of hydrogen-bond acceptors (Lipinski definition) is 4. The van der Waals surface area contributed by atoms with Gasteiger partial charge < -0.3 is 14.9 Å². The highest BCUT2D eigenvalue weighted by Gasteiger charge is 2.55. The summed E-state index contributed by atoms with van der Waals surface area (Å²) >= 11 is 0. The normalized spacial score (nSPS) is 42.9. The van der Waals surface area contributed by atoms with Crippen LogP contribution in [-0.2, 0) is 9.53 Å². The Morgan fingerprint density at radius 2 is 1.67 bits per heavy atom. The average Bonchev–Trinajstić information content (AvgIpc) is 2.33. The molecule has 1 atom stereocenters.